The van der Waals surface area contributed by atoms with Crippen molar-refractivity contribution in [2.24, 2.45) is 5.92 Å². The largest absolute Gasteiger partial charge is 0.494 e. The van der Waals surface area contributed by atoms with Crippen LogP contribution in [-0.2, 0) is 0 Å². The van der Waals surface area contributed by atoms with Gasteiger partial charge in [0.2, 0.25) is 0 Å². The zero-order valence-electron chi connectivity index (χ0n) is 18.4. The van der Waals surface area contributed by atoms with Crippen molar-refractivity contribution in [1.29, 1.82) is 0 Å². The first-order chi connectivity index (χ1) is 15.7. The predicted molar refractivity (Wildman–Crippen MR) is 126 cm³/mol. The van der Waals surface area contributed by atoms with Crippen molar-refractivity contribution in [3.63, 3.8) is 0 Å². The molecule has 1 aliphatic carbocycles. The average Bonchev–Trinajstić information content (AvgIpc) is 2.80. The van der Waals surface area contributed by atoms with Crippen LogP contribution < -0.4 is 20.7 Å². The number of benzene rings is 1. The zero-order chi connectivity index (χ0) is 22.2. The number of nitrogens with zero attached hydrogens (tertiary/aromatic N) is 3. The number of ether oxygens (including phenoxy) is 1. The monoisotopic (exact) mass is 434 g/mol. The number of anilines is 3. The van der Waals surface area contributed by atoms with Crippen LogP contribution in [0.3, 0.4) is 0 Å². The van der Waals surface area contributed by atoms with Gasteiger partial charge in [-0.25, -0.2) is 19.7 Å². The summed E-state index contributed by atoms with van der Waals surface area (Å²) in [6.45, 7) is 3.14. The molecule has 2 aromatic heterocycles. The van der Waals surface area contributed by atoms with E-state index in [1.165, 1.54) is 32.1 Å². The van der Waals surface area contributed by atoms with Crippen molar-refractivity contribution in [3.05, 3.63) is 42.6 Å². The topological polar surface area (TPSA) is 101 Å². The van der Waals surface area contributed by atoms with Gasteiger partial charge >= 0.3 is 6.03 Å². The molecule has 168 valence electrons. The van der Waals surface area contributed by atoms with Gasteiger partial charge in [0, 0.05) is 18.3 Å². The third kappa shape index (κ3) is 6.06. The maximum Gasteiger partial charge on any atom is 0.320 e. The third-order valence-corrected chi connectivity index (χ3v) is 5.61. The van der Waals surface area contributed by atoms with Gasteiger partial charge in [0.05, 0.1) is 12.8 Å². The van der Waals surface area contributed by atoms with Crippen molar-refractivity contribution >= 4 is 34.5 Å². The van der Waals surface area contributed by atoms with Gasteiger partial charge in [-0.2, -0.15) is 0 Å². The molecule has 0 bridgehead atoms. The Hall–Kier alpha value is -3.42. The lowest BCUT2D eigenvalue weighted by molar-refractivity contribution is 0.246. The second kappa shape index (κ2) is 10.7. The van der Waals surface area contributed by atoms with Crippen molar-refractivity contribution in [2.75, 3.05) is 23.8 Å². The van der Waals surface area contributed by atoms with Crippen LogP contribution in [0.2, 0.25) is 0 Å². The van der Waals surface area contributed by atoms with Crippen LogP contribution in [0.15, 0.2) is 42.6 Å². The van der Waals surface area contributed by atoms with Crippen LogP contribution in [0, 0.1) is 5.92 Å². The summed E-state index contributed by atoms with van der Waals surface area (Å²) in [5.74, 6) is 2.63. The molecule has 8 heteroatoms. The molecule has 0 radical (unpaired) electrons. The number of urea groups is 1. The van der Waals surface area contributed by atoms with Crippen LogP contribution >= 0.6 is 0 Å². The SMILES string of the molecule is CCNC(=O)Nc1ccc2ncc(Nc3cccc(OCCC4CCCCC4)c3)nc2n1. The Kier molecular flexibility index (Phi) is 7.32. The lowest BCUT2D eigenvalue weighted by Crippen LogP contribution is -2.28. The highest BCUT2D eigenvalue weighted by atomic mass is 16.5. The summed E-state index contributed by atoms with van der Waals surface area (Å²) in [4.78, 5) is 25.1. The van der Waals surface area contributed by atoms with Gasteiger partial charge in [-0.15, -0.1) is 0 Å². The van der Waals surface area contributed by atoms with Crippen LogP contribution in [0.25, 0.3) is 11.2 Å². The molecular weight excluding hydrogens is 404 g/mol. The maximum absolute atomic E-state index is 11.7. The molecule has 2 heterocycles. The third-order valence-electron chi connectivity index (χ3n) is 5.61. The number of amides is 2. The van der Waals surface area contributed by atoms with Crippen LogP contribution in [0.4, 0.5) is 22.1 Å². The highest BCUT2D eigenvalue weighted by Gasteiger charge is 2.13. The Morgan fingerprint density at radius 1 is 1.09 bits per heavy atom. The number of hydrogen-bond donors (Lipinski definition) is 3. The summed E-state index contributed by atoms with van der Waals surface area (Å²) in [6.07, 6.45) is 9.54. The molecule has 8 nitrogen and oxygen atoms in total. The van der Waals surface area contributed by atoms with E-state index >= 15 is 0 Å². The first kappa shape index (κ1) is 21.8. The van der Waals surface area contributed by atoms with Crippen LogP contribution in [0.1, 0.15) is 45.4 Å². The van der Waals surface area contributed by atoms with E-state index in [0.717, 1.165) is 30.4 Å². The zero-order valence-corrected chi connectivity index (χ0v) is 18.4. The van der Waals surface area contributed by atoms with E-state index in [-0.39, 0.29) is 6.03 Å². The maximum atomic E-state index is 11.7. The van der Waals surface area contributed by atoms with Gasteiger partial charge in [0.25, 0.3) is 0 Å². The summed E-state index contributed by atoms with van der Waals surface area (Å²) >= 11 is 0. The van der Waals surface area contributed by atoms with Gasteiger partial charge in [-0.3, -0.25) is 5.32 Å². The molecule has 1 saturated carbocycles. The van der Waals surface area contributed by atoms with Crippen molar-refractivity contribution < 1.29 is 9.53 Å². The van der Waals surface area contributed by atoms with Crippen molar-refractivity contribution in [3.8, 4) is 5.75 Å². The molecule has 1 aliphatic rings. The molecule has 0 aliphatic heterocycles. The van der Waals surface area contributed by atoms with Gasteiger partial charge < -0.3 is 15.4 Å². The van der Waals surface area contributed by atoms with E-state index in [4.69, 9.17) is 4.74 Å². The van der Waals surface area contributed by atoms with Gasteiger partial charge in [-0.05, 0) is 43.5 Å². The van der Waals surface area contributed by atoms with Gasteiger partial charge in [0.15, 0.2) is 11.5 Å². The highest BCUT2D eigenvalue weighted by molar-refractivity contribution is 5.89. The molecule has 0 unspecified atom stereocenters. The number of fused-ring (bicyclic) bond motifs is 1. The molecule has 0 spiro atoms. The molecule has 2 amide bonds. The summed E-state index contributed by atoms with van der Waals surface area (Å²) < 4.78 is 6.00. The average molecular weight is 435 g/mol. The number of carbonyl (C=O) groups is 1. The summed E-state index contributed by atoms with van der Waals surface area (Å²) in [6, 6.07) is 11.0. The Morgan fingerprint density at radius 3 is 2.78 bits per heavy atom. The van der Waals surface area contributed by atoms with E-state index < -0.39 is 0 Å². The molecule has 1 fully saturated rings. The first-order valence-electron chi connectivity index (χ1n) is 11.4. The number of aromatic nitrogens is 3. The van der Waals surface area contributed by atoms with Crippen LogP contribution in [0.5, 0.6) is 5.75 Å². The fourth-order valence-electron chi connectivity index (χ4n) is 3.98. The second-order valence-electron chi connectivity index (χ2n) is 8.07. The number of pyridine rings is 1. The van der Waals surface area contributed by atoms with E-state index in [1.54, 1.807) is 18.3 Å². The molecule has 3 N–H and O–H groups in total. The predicted octanol–water partition coefficient (Wildman–Crippen LogP) is 5.26. The van der Waals surface area contributed by atoms with E-state index in [2.05, 4.69) is 30.9 Å². The van der Waals surface area contributed by atoms with Crippen LogP contribution in [-0.4, -0.2) is 34.1 Å². The minimum absolute atomic E-state index is 0.304. The van der Waals surface area contributed by atoms with E-state index in [0.29, 0.717) is 29.3 Å². The fourth-order valence-corrected chi connectivity index (χ4v) is 3.98. The number of carbonyl (C=O) groups excluding carboxylic acids is 1. The quantitative estimate of drug-likeness (QED) is 0.447. The van der Waals surface area contributed by atoms with E-state index in [9.17, 15) is 4.79 Å². The lowest BCUT2D eigenvalue weighted by Gasteiger charge is -2.21. The molecule has 32 heavy (non-hydrogen) atoms. The summed E-state index contributed by atoms with van der Waals surface area (Å²) in [7, 11) is 0. The molecule has 1 aromatic carbocycles. The summed E-state index contributed by atoms with van der Waals surface area (Å²) in [5, 5.41) is 8.63. The highest BCUT2D eigenvalue weighted by Crippen LogP contribution is 2.27. The Bertz CT molecular complexity index is 1050. The molecule has 0 atom stereocenters. The minimum atomic E-state index is -0.304. The molecule has 0 saturated heterocycles. The Balaban J connectivity index is 1.38. The second-order valence-corrected chi connectivity index (χ2v) is 8.07. The lowest BCUT2D eigenvalue weighted by atomic mass is 9.87. The fraction of sp³-hybridized carbons (Fsp3) is 0.417. The van der Waals surface area contributed by atoms with Gasteiger partial charge in [-0.1, -0.05) is 38.2 Å². The van der Waals surface area contributed by atoms with Gasteiger partial charge in [0.1, 0.15) is 17.1 Å². The molecular formula is C24H30N6O2. The molecule has 3 aromatic rings. The summed E-state index contributed by atoms with van der Waals surface area (Å²) in [5.41, 5.74) is 1.96. The minimum Gasteiger partial charge on any atom is -0.494 e. The normalized spacial score (nSPS) is 14.2. The van der Waals surface area contributed by atoms with Crippen molar-refractivity contribution in [2.45, 2.75) is 45.4 Å². The number of nitrogens with one attached hydrogen (secondary N) is 3. The number of rotatable bonds is 8. The smallest absolute Gasteiger partial charge is 0.320 e. The Labute approximate surface area is 188 Å². The first-order valence-corrected chi connectivity index (χ1v) is 11.4. The number of hydrogen-bond acceptors (Lipinski definition) is 6. The molecule has 4 rings (SSSR count). The standard InChI is InChI=1S/C24H30N6O2/c1-2-25-24(31)30-21-12-11-20-23(28-21)29-22(16-26-20)27-18-9-6-10-19(15-18)32-14-13-17-7-4-3-5-8-17/h6,9-12,15-17H,2-5,7-8,13-14H2,1H3,(H3,25,27,28,29,30,31). The van der Waals surface area contributed by atoms with Crippen molar-refractivity contribution in [1.82, 2.24) is 20.3 Å². The van der Waals surface area contributed by atoms with E-state index in [1.807, 2.05) is 31.2 Å². The Morgan fingerprint density at radius 2 is 1.94 bits per heavy atom.